The van der Waals surface area contributed by atoms with Crippen LogP contribution in [0.3, 0.4) is 0 Å². The number of nitrogens with one attached hydrogen (secondary N) is 2. The highest BCUT2D eigenvalue weighted by molar-refractivity contribution is 5.97. The predicted molar refractivity (Wildman–Crippen MR) is 132 cm³/mol. The van der Waals surface area contributed by atoms with Crippen LogP contribution in [0.15, 0.2) is 35.1 Å². The van der Waals surface area contributed by atoms with Crippen LogP contribution in [0, 0.1) is 25.2 Å². The molecule has 10 nitrogen and oxygen atoms in total. The number of carbonyl (C=O) groups is 3. The molecule has 0 fully saturated rings. The van der Waals surface area contributed by atoms with Crippen LogP contribution in [0.4, 0.5) is 16.0 Å². The largest absolute Gasteiger partial charge is 0.480 e. The number of ketones is 1. The SMILES string of the molecule is C#CN(Cc1cc2c(=O)[nH]c(N)nc2cc1C)c1ccc(C(=O)N[C@@H](CCC(C)=O)C(=O)O)c(F)c1. The maximum atomic E-state index is 14.9. The number of rotatable bonds is 9. The van der Waals surface area contributed by atoms with Crippen molar-refractivity contribution in [2.45, 2.75) is 39.3 Å². The Labute approximate surface area is 205 Å². The summed E-state index contributed by atoms with van der Waals surface area (Å²) in [6.07, 6.45) is 5.50. The fourth-order valence-electron chi connectivity index (χ4n) is 3.60. The van der Waals surface area contributed by atoms with Crippen LogP contribution in [0.2, 0.25) is 0 Å². The van der Waals surface area contributed by atoms with Gasteiger partial charge in [0.25, 0.3) is 11.5 Å². The monoisotopic (exact) mass is 493 g/mol. The second-order valence-electron chi connectivity index (χ2n) is 8.23. The average Bonchev–Trinajstić information content (AvgIpc) is 2.79. The van der Waals surface area contributed by atoms with Gasteiger partial charge in [-0.3, -0.25) is 19.5 Å². The number of fused-ring (bicyclic) bond motifs is 1. The first kappa shape index (κ1) is 25.9. The lowest BCUT2D eigenvalue weighted by Gasteiger charge is -2.20. The molecule has 0 bridgehead atoms. The summed E-state index contributed by atoms with van der Waals surface area (Å²) in [5, 5.41) is 11.8. The summed E-state index contributed by atoms with van der Waals surface area (Å²) >= 11 is 0. The number of terminal acetylenes is 1. The summed E-state index contributed by atoms with van der Waals surface area (Å²) in [6.45, 7) is 3.24. The first-order valence-electron chi connectivity index (χ1n) is 10.9. The zero-order valence-electron chi connectivity index (χ0n) is 19.6. The number of benzene rings is 2. The molecule has 3 rings (SSSR count). The summed E-state index contributed by atoms with van der Waals surface area (Å²) in [7, 11) is 0. The van der Waals surface area contributed by atoms with Crippen LogP contribution < -0.4 is 21.5 Å². The standard InChI is InChI=1S/C25H24FN5O5/c1-4-31(12-15-10-18-21(9-13(15)2)29-25(27)30-23(18)34)16-6-7-17(19(26)11-16)22(33)28-20(24(35)36)8-5-14(3)32/h1,6-7,9-11,20H,5,8,12H2,2-3H3,(H,28,33)(H,35,36)(H3,27,29,30,34)/t20-/m0/s1. The molecule has 3 aromatic rings. The molecule has 1 amide bonds. The highest BCUT2D eigenvalue weighted by atomic mass is 19.1. The fourth-order valence-corrected chi connectivity index (χ4v) is 3.60. The third kappa shape index (κ3) is 5.85. The number of aryl methyl sites for hydroxylation is 1. The Bertz CT molecular complexity index is 1460. The van der Waals surface area contributed by atoms with E-state index in [0.717, 1.165) is 11.6 Å². The number of carbonyl (C=O) groups excluding carboxylic acids is 2. The number of H-pyrrole nitrogens is 1. The highest BCUT2D eigenvalue weighted by Gasteiger charge is 2.23. The highest BCUT2D eigenvalue weighted by Crippen LogP contribution is 2.23. The number of anilines is 2. The van der Waals surface area contributed by atoms with E-state index < -0.39 is 29.3 Å². The van der Waals surface area contributed by atoms with Crippen LogP contribution >= 0.6 is 0 Å². The van der Waals surface area contributed by atoms with Crippen molar-refractivity contribution in [1.29, 1.82) is 0 Å². The van der Waals surface area contributed by atoms with Crippen LogP contribution in [0.25, 0.3) is 10.9 Å². The Morgan fingerprint density at radius 2 is 2.03 bits per heavy atom. The molecule has 0 saturated heterocycles. The molecular formula is C25H24FN5O5. The number of nitrogens with zero attached hydrogens (tertiary/aromatic N) is 2. The van der Waals surface area contributed by atoms with Gasteiger partial charge in [0.15, 0.2) is 0 Å². The van der Waals surface area contributed by atoms with Gasteiger partial charge in [-0.15, -0.1) is 0 Å². The van der Waals surface area contributed by atoms with E-state index in [1.807, 2.05) is 6.92 Å². The van der Waals surface area contributed by atoms with Crippen LogP contribution in [0.5, 0.6) is 0 Å². The summed E-state index contributed by atoms with van der Waals surface area (Å²) in [5.41, 5.74) is 6.98. The lowest BCUT2D eigenvalue weighted by atomic mass is 10.0. The Morgan fingerprint density at radius 1 is 1.31 bits per heavy atom. The second kappa shape index (κ2) is 10.7. The number of carboxylic acid groups (broad SMARTS) is 1. The van der Waals surface area contributed by atoms with Gasteiger partial charge in [0.05, 0.1) is 28.7 Å². The number of nitrogens with two attached hydrogens (primary N) is 1. The van der Waals surface area contributed by atoms with Gasteiger partial charge < -0.3 is 21.0 Å². The molecule has 0 aliphatic heterocycles. The van der Waals surface area contributed by atoms with Crippen LogP contribution in [-0.2, 0) is 16.1 Å². The number of nitrogen functional groups attached to an aromatic ring is 1. The molecule has 0 saturated carbocycles. The molecule has 0 radical (unpaired) electrons. The molecule has 186 valence electrons. The fraction of sp³-hybridized carbons (Fsp3) is 0.240. The van der Waals surface area contributed by atoms with Gasteiger partial charge >= 0.3 is 5.97 Å². The average molecular weight is 493 g/mol. The van der Waals surface area contributed by atoms with Gasteiger partial charge in [0.1, 0.15) is 17.6 Å². The smallest absolute Gasteiger partial charge is 0.326 e. The van der Waals surface area contributed by atoms with Crippen molar-refractivity contribution in [2.75, 3.05) is 10.6 Å². The third-order valence-electron chi connectivity index (χ3n) is 5.56. The molecule has 2 aromatic carbocycles. The lowest BCUT2D eigenvalue weighted by molar-refractivity contribution is -0.139. The molecular weight excluding hydrogens is 469 g/mol. The van der Waals surface area contributed by atoms with Crippen molar-refractivity contribution in [3.8, 4) is 12.5 Å². The lowest BCUT2D eigenvalue weighted by Crippen LogP contribution is -2.41. The normalized spacial score (nSPS) is 11.5. The molecule has 36 heavy (non-hydrogen) atoms. The van der Waals surface area contributed by atoms with E-state index in [9.17, 15) is 28.7 Å². The summed E-state index contributed by atoms with van der Waals surface area (Å²) in [4.78, 5) is 55.2. The zero-order valence-corrected chi connectivity index (χ0v) is 19.6. The van der Waals surface area contributed by atoms with Gasteiger partial charge in [-0.1, -0.05) is 6.42 Å². The minimum Gasteiger partial charge on any atom is -0.480 e. The van der Waals surface area contributed by atoms with Crippen LogP contribution in [-0.4, -0.2) is 38.8 Å². The van der Waals surface area contributed by atoms with Gasteiger partial charge in [-0.25, -0.2) is 14.2 Å². The number of aromatic amines is 1. The number of hydrogen-bond acceptors (Lipinski definition) is 7. The molecule has 0 aliphatic rings. The van der Waals surface area contributed by atoms with E-state index in [1.165, 1.54) is 24.0 Å². The number of Topliss-reactive ketones (excluding diaryl/α,β-unsaturated/α-hetero) is 1. The predicted octanol–water partition coefficient (Wildman–Crippen LogP) is 2.10. The Hall–Kier alpha value is -4.72. The third-order valence-corrected chi connectivity index (χ3v) is 5.56. The van der Waals surface area contributed by atoms with E-state index in [4.69, 9.17) is 12.2 Å². The molecule has 1 atom stereocenters. The van der Waals surface area contributed by atoms with E-state index in [-0.39, 0.29) is 42.4 Å². The van der Waals surface area contributed by atoms with E-state index in [0.29, 0.717) is 16.5 Å². The second-order valence-corrected chi connectivity index (χ2v) is 8.23. The van der Waals surface area contributed by atoms with E-state index >= 15 is 0 Å². The maximum absolute atomic E-state index is 14.9. The Morgan fingerprint density at radius 3 is 2.64 bits per heavy atom. The van der Waals surface area contributed by atoms with Gasteiger partial charge in [0.2, 0.25) is 5.95 Å². The molecule has 1 heterocycles. The van der Waals surface area contributed by atoms with Crippen molar-refractivity contribution < 1.29 is 23.9 Å². The molecule has 5 N–H and O–H groups in total. The van der Waals surface area contributed by atoms with Crippen molar-refractivity contribution >= 4 is 40.2 Å². The van der Waals surface area contributed by atoms with Crippen molar-refractivity contribution in [3.05, 3.63) is 63.2 Å². The number of aromatic nitrogens is 2. The molecule has 1 aromatic heterocycles. The van der Waals surface area contributed by atoms with Gasteiger partial charge in [-0.05, 0) is 61.7 Å². The molecule has 0 aliphatic carbocycles. The van der Waals surface area contributed by atoms with E-state index in [1.54, 1.807) is 12.1 Å². The van der Waals surface area contributed by atoms with Crippen molar-refractivity contribution in [3.63, 3.8) is 0 Å². The van der Waals surface area contributed by atoms with E-state index in [2.05, 4.69) is 21.3 Å². The number of hydrogen-bond donors (Lipinski definition) is 4. The number of halogens is 1. The minimum atomic E-state index is -1.34. The van der Waals surface area contributed by atoms with Gasteiger partial charge in [0, 0.05) is 12.5 Å². The number of aliphatic carboxylic acids is 1. The Kier molecular flexibility index (Phi) is 7.69. The van der Waals surface area contributed by atoms with Crippen molar-refractivity contribution in [1.82, 2.24) is 15.3 Å². The van der Waals surface area contributed by atoms with Crippen molar-refractivity contribution in [2.24, 2.45) is 0 Å². The Balaban J connectivity index is 1.83. The quantitative estimate of drug-likeness (QED) is 0.261. The van der Waals surface area contributed by atoms with Gasteiger partial charge in [-0.2, -0.15) is 0 Å². The zero-order chi connectivity index (χ0) is 26.6. The summed E-state index contributed by atoms with van der Waals surface area (Å²) in [6, 6.07) is 8.12. The first-order chi connectivity index (χ1) is 17.0. The maximum Gasteiger partial charge on any atom is 0.326 e. The summed E-state index contributed by atoms with van der Waals surface area (Å²) < 4.78 is 14.9. The molecule has 0 unspecified atom stereocenters. The van der Waals surface area contributed by atoms with Crippen LogP contribution in [0.1, 0.15) is 41.3 Å². The molecule has 0 spiro atoms. The number of carboxylic acids is 1. The summed E-state index contributed by atoms with van der Waals surface area (Å²) in [5.74, 6) is -3.40. The number of amides is 1. The minimum absolute atomic E-state index is 0.00182. The molecule has 11 heteroatoms. The topological polar surface area (TPSA) is 158 Å². The first-order valence-corrected chi connectivity index (χ1v) is 10.9.